The van der Waals surface area contributed by atoms with Gasteiger partial charge in [0.15, 0.2) is 5.78 Å². The van der Waals surface area contributed by atoms with Crippen LogP contribution in [0.3, 0.4) is 0 Å². The Morgan fingerprint density at radius 2 is 1.85 bits per heavy atom. The van der Waals surface area contributed by atoms with E-state index in [2.05, 4.69) is 5.32 Å². The molecule has 0 saturated heterocycles. The molecule has 1 amide bonds. The number of hydrogen-bond donors (Lipinski definition) is 1. The van der Waals surface area contributed by atoms with Crippen molar-refractivity contribution in [1.29, 1.82) is 0 Å². The summed E-state index contributed by atoms with van der Waals surface area (Å²) in [5, 5.41) is 3.58. The lowest BCUT2D eigenvalue weighted by atomic mass is 10.1. The zero-order valence-corrected chi connectivity index (χ0v) is 16.3. The molecular weight excluding hydrogens is 375 g/mol. The minimum Gasteiger partial charge on any atom is -0.496 e. The number of Topliss-reactive ketones (excluding diaryl/α,β-unsaturated/α-hetero) is 1. The monoisotopic (exact) mass is 394 g/mol. The van der Waals surface area contributed by atoms with Gasteiger partial charge in [0.2, 0.25) is 5.91 Å². The first-order valence-electron chi connectivity index (χ1n) is 7.91. The van der Waals surface area contributed by atoms with Crippen LogP contribution in [-0.4, -0.2) is 37.3 Å². The van der Waals surface area contributed by atoms with Crippen molar-refractivity contribution < 1.29 is 14.3 Å². The summed E-state index contributed by atoms with van der Waals surface area (Å²) in [4.78, 5) is 25.6. The number of likely N-dealkylation sites (N-methyl/N-ethyl adjacent to an activating group) is 1. The first kappa shape index (κ1) is 20.2. The molecule has 2 rings (SSSR count). The number of carbonyl (C=O) groups excluding carboxylic acids is 2. The van der Waals surface area contributed by atoms with Crippen LogP contribution >= 0.6 is 23.2 Å². The number of hydrogen-bond acceptors (Lipinski definition) is 4. The molecule has 0 unspecified atom stereocenters. The predicted octanol–water partition coefficient (Wildman–Crippen LogP) is 4.28. The fourth-order valence-corrected chi connectivity index (χ4v) is 2.79. The molecular formula is C19H20Cl2N2O3. The van der Waals surface area contributed by atoms with Gasteiger partial charge in [0.1, 0.15) is 5.75 Å². The van der Waals surface area contributed by atoms with E-state index in [1.54, 1.807) is 43.5 Å². The van der Waals surface area contributed by atoms with E-state index < -0.39 is 0 Å². The average Bonchev–Trinajstić information content (AvgIpc) is 2.57. The van der Waals surface area contributed by atoms with Crippen molar-refractivity contribution in [3.05, 3.63) is 57.6 Å². The van der Waals surface area contributed by atoms with E-state index in [4.69, 9.17) is 27.9 Å². The van der Waals surface area contributed by atoms with Crippen LogP contribution in [0, 0.1) is 0 Å². The van der Waals surface area contributed by atoms with Crippen LogP contribution in [0.5, 0.6) is 5.75 Å². The lowest BCUT2D eigenvalue weighted by Gasteiger charge is -2.18. The summed E-state index contributed by atoms with van der Waals surface area (Å²) in [5.41, 5.74) is 2.02. The molecule has 0 bridgehead atoms. The lowest BCUT2D eigenvalue weighted by Crippen LogP contribution is -2.30. The van der Waals surface area contributed by atoms with Gasteiger partial charge < -0.3 is 10.1 Å². The van der Waals surface area contributed by atoms with Crippen LogP contribution in [0.2, 0.25) is 10.0 Å². The number of nitrogens with zero attached hydrogens (tertiary/aromatic N) is 1. The van der Waals surface area contributed by atoms with E-state index in [1.165, 1.54) is 6.92 Å². The quantitative estimate of drug-likeness (QED) is 0.712. The van der Waals surface area contributed by atoms with Crippen molar-refractivity contribution in [3.63, 3.8) is 0 Å². The molecule has 0 aliphatic heterocycles. The molecule has 2 aromatic rings. The first-order chi connectivity index (χ1) is 12.3. The maximum atomic E-state index is 12.2. The van der Waals surface area contributed by atoms with Crippen LogP contribution in [0.25, 0.3) is 0 Å². The minimum atomic E-state index is -0.187. The number of rotatable bonds is 7. The molecule has 0 atom stereocenters. The van der Waals surface area contributed by atoms with Crippen LogP contribution in [0.15, 0.2) is 36.4 Å². The summed E-state index contributed by atoms with van der Waals surface area (Å²) >= 11 is 11.8. The summed E-state index contributed by atoms with van der Waals surface area (Å²) < 4.78 is 5.34. The Morgan fingerprint density at radius 3 is 2.46 bits per heavy atom. The second-order valence-electron chi connectivity index (χ2n) is 5.93. The molecule has 0 spiro atoms. The third-order valence-electron chi connectivity index (χ3n) is 3.74. The van der Waals surface area contributed by atoms with Gasteiger partial charge in [-0.25, -0.2) is 0 Å². The number of benzene rings is 2. The number of ether oxygens (including phenoxy) is 1. The molecule has 0 heterocycles. The molecule has 26 heavy (non-hydrogen) atoms. The highest BCUT2D eigenvalue weighted by Crippen LogP contribution is 2.25. The number of carbonyl (C=O) groups is 2. The van der Waals surface area contributed by atoms with Crippen LogP contribution in [0.1, 0.15) is 22.8 Å². The molecule has 138 valence electrons. The molecule has 0 radical (unpaired) electrons. The number of amides is 1. The Kier molecular flexibility index (Phi) is 7.03. The van der Waals surface area contributed by atoms with Gasteiger partial charge >= 0.3 is 0 Å². The van der Waals surface area contributed by atoms with Crippen molar-refractivity contribution >= 4 is 40.6 Å². The van der Waals surface area contributed by atoms with Gasteiger partial charge in [-0.2, -0.15) is 0 Å². The van der Waals surface area contributed by atoms with E-state index in [1.807, 2.05) is 11.9 Å². The highest BCUT2D eigenvalue weighted by atomic mass is 35.5. The molecule has 0 aromatic heterocycles. The summed E-state index contributed by atoms with van der Waals surface area (Å²) in [6.07, 6.45) is 0. The van der Waals surface area contributed by atoms with E-state index in [-0.39, 0.29) is 18.2 Å². The number of halogens is 2. The lowest BCUT2D eigenvalue weighted by molar-refractivity contribution is -0.117. The summed E-state index contributed by atoms with van der Waals surface area (Å²) in [6.45, 7) is 2.13. The number of methoxy groups -OCH3 is 1. The summed E-state index contributed by atoms with van der Waals surface area (Å²) in [6, 6.07) is 10.2. The van der Waals surface area contributed by atoms with Gasteiger partial charge in [-0.3, -0.25) is 14.5 Å². The minimum absolute atomic E-state index is 0.0195. The second-order valence-corrected chi connectivity index (χ2v) is 6.75. The van der Waals surface area contributed by atoms with Crippen molar-refractivity contribution in [2.45, 2.75) is 13.5 Å². The van der Waals surface area contributed by atoms with E-state index in [0.29, 0.717) is 33.6 Å². The van der Waals surface area contributed by atoms with Crippen molar-refractivity contribution in [2.24, 2.45) is 0 Å². The van der Waals surface area contributed by atoms with Gasteiger partial charge in [-0.15, -0.1) is 0 Å². The highest BCUT2D eigenvalue weighted by molar-refractivity contribution is 6.42. The molecule has 2 aromatic carbocycles. The highest BCUT2D eigenvalue weighted by Gasteiger charge is 2.13. The third-order valence-corrected chi connectivity index (χ3v) is 4.48. The Bertz CT molecular complexity index is 824. The maximum absolute atomic E-state index is 12.2. The molecule has 0 fully saturated rings. The number of nitrogens with one attached hydrogen (secondary N) is 1. The van der Waals surface area contributed by atoms with Gasteiger partial charge in [-0.1, -0.05) is 23.2 Å². The molecule has 7 heteroatoms. The Labute approximate surface area is 162 Å². The number of ketones is 1. The largest absolute Gasteiger partial charge is 0.496 e. The van der Waals surface area contributed by atoms with Gasteiger partial charge in [0.25, 0.3) is 0 Å². The average molecular weight is 395 g/mol. The predicted molar refractivity (Wildman–Crippen MR) is 104 cm³/mol. The molecule has 0 aliphatic rings. The number of anilines is 1. The fourth-order valence-electron chi connectivity index (χ4n) is 2.49. The second kappa shape index (κ2) is 9.03. The maximum Gasteiger partial charge on any atom is 0.238 e. The van der Waals surface area contributed by atoms with E-state index >= 15 is 0 Å². The SMILES string of the molecule is COc1ccc(C(C)=O)cc1CN(C)CC(=O)Nc1ccc(Cl)c(Cl)c1. The van der Waals surface area contributed by atoms with Gasteiger partial charge in [0, 0.05) is 23.4 Å². The Balaban J connectivity index is 2.02. The molecule has 0 aliphatic carbocycles. The van der Waals surface area contributed by atoms with Crippen molar-refractivity contribution in [1.82, 2.24) is 4.90 Å². The van der Waals surface area contributed by atoms with Crippen molar-refractivity contribution in [2.75, 3.05) is 26.0 Å². The fraction of sp³-hybridized carbons (Fsp3) is 0.263. The van der Waals surface area contributed by atoms with Crippen molar-refractivity contribution in [3.8, 4) is 5.75 Å². The zero-order chi connectivity index (χ0) is 19.3. The Morgan fingerprint density at radius 1 is 1.12 bits per heavy atom. The van der Waals surface area contributed by atoms with Gasteiger partial charge in [-0.05, 0) is 50.4 Å². The third kappa shape index (κ3) is 5.46. The van der Waals surface area contributed by atoms with E-state index in [0.717, 1.165) is 5.56 Å². The summed E-state index contributed by atoms with van der Waals surface area (Å²) in [5.74, 6) is 0.466. The van der Waals surface area contributed by atoms with Crippen LogP contribution in [0.4, 0.5) is 5.69 Å². The Hall–Kier alpha value is -2.08. The standard InChI is InChI=1S/C19H20Cl2N2O3/c1-12(24)13-4-7-18(26-3)14(8-13)10-23(2)11-19(25)22-15-5-6-16(20)17(21)9-15/h4-9H,10-11H2,1-3H3,(H,22,25). The van der Waals surface area contributed by atoms with Crippen LogP contribution < -0.4 is 10.1 Å². The summed E-state index contributed by atoms with van der Waals surface area (Å²) in [7, 11) is 3.39. The first-order valence-corrected chi connectivity index (χ1v) is 8.67. The van der Waals surface area contributed by atoms with Crippen LogP contribution in [-0.2, 0) is 11.3 Å². The topological polar surface area (TPSA) is 58.6 Å². The smallest absolute Gasteiger partial charge is 0.238 e. The molecule has 1 N–H and O–H groups in total. The molecule has 5 nitrogen and oxygen atoms in total. The normalized spacial score (nSPS) is 10.7. The van der Waals surface area contributed by atoms with Gasteiger partial charge in [0.05, 0.1) is 23.7 Å². The molecule has 0 saturated carbocycles. The van der Waals surface area contributed by atoms with E-state index in [9.17, 15) is 9.59 Å². The zero-order valence-electron chi connectivity index (χ0n) is 14.8.